The SMILES string of the molecule is CC(O)c1cccc(NC(=O)N(C)Cc2cscn2)c1. The van der Waals surface area contributed by atoms with Crippen molar-refractivity contribution in [2.24, 2.45) is 0 Å². The molecule has 2 aromatic rings. The van der Waals surface area contributed by atoms with E-state index in [0.717, 1.165) is 11.3 Å². The summed E-state index contributed by atoms with van der Waals surface area (Å²) in [6, 6.07) is 6.97. The molecule has 2 N–H and O–H groups in total. The van der Waals surface area contributed by atoms with Gasteiger partial charge in [-0.1, -0.05) is 12.1 Å². The van der Waals surface area contributed by atoms with Crippen molar-refractivity contribution in [1.29, 1.82) is 0 Å². The lowest BCUT2D eigenvalue weighted by Crippen LogP contribution is -2.30. The van der Waals surface area contributed by atoms with Crippen LogP contribution in [0.5, 0.6) is 0 Å². The Bertz CT molecular complexity index is 570. The van der Waals surface area contributed by atoms with Gasteiger partial charge in [0.1, 0.15) is 0 Å². The number of nitrogens with one attached hydrogen (secondary N) is 1. The summed E-state index contributed by atoms with van der Waals surface area (Å²) in [6.07, 6.45) is -0.556. The van der Waals surface area contributed by atoms with Gasteiger partial charge in [0, 0.05) is 18.1 Å². The van der Waals surface area contributed by atoms with E-state index in [4.69, 9.17) is 0 Å². The van der Waals surface area contributed by atoms with Crippen LogP contribution in [0, 0.1) is 0 Å². The molecule has 20 heavy (non-hydrogen) atoms. The van der Waals surface area contributed by atoms with Gasteiger partial charge in [0.2, 0.25) is 0 Å². The molecule has 0 spiro atoms. The summed E-state index contributed by atoms with van der Waals surface area (Å²) >= 11 is 1.51. The Labute approximate surface area is 121 Å². The normalized spacial score (nSPS) is 11.9. The molecule has 0 aliphatic rings. The Morgan fingerprint density at radius 3 is 3.00 bits per heavy atom. The lowest BCUT2D eigenvalue weighted by molar-refractivity contribution is 0.199. The van der Waals surface area contributed by atoms with Crippen LogP contribution in [-0.2, 0) is 6.54 Å². The molecule has 0 fully saturated rings. The first-order valence-electron chi connectivity index (χ1n) is 6.23. The second-order valence-corrected chi connectivity index (χ2v) is 5.29. The third-order valence-electron chi connectivity index (χ3n) is 2.85. The predicted octanol–water partition coefficient (Wildman–Crippen LogP) is 2.86. The van der Waals surface area contributed by atoms with Crippen LogP contribution in [-0.4, -0.2) is 28.1 Å². The topological polar surface area (TPSA) is 65.5 Å². The van der Waals surface area contributed by atoms with Gasteiger partial charge in [-0.2, -0.15) is 0 Å². The van der Waals surface area contributed by atoms with Crippen molar-refractivity contribution in [3.8, 4) is 0 Å². The van der Waals surface area contributed by atoms with Crippen LogP contribution in [0.1, 0.15) is 24.3 Å². The quantitative estimate of drug-likeness (QED) is 0.910. The second kappa shape index (κ2) is 6.49. The lowest BCUT2D eigenvalue weighted by Gasteiger charge is -2.17. The van der Waals surface area contributed by atoms with Gasteiger partial charge >= 0.3 is 6.03 Å². The van der Waals surface area contributed by atoms with Crippen molar-refractivity contribution in [2.45, 2.75) is 19.6 Å². The molecule has 1 aromatic carbocycles. The molecule has 1 atom stereocenters. The number of aliphatic hydroxyl groups is 1. The Morgan fingerprint density at radius 2 is 2.35 bits per heavy atom. The molecule has 5 nitrogen and oxygen atoms in total. The smallest absolute Gasteiger partial charge is 0.321 e. The molecule has 2 rings (SSSR count). The highest BCUT2D eigenvalue weighted by Crippen LogP contribution is 2.17. The molecule has 0 radical (unpaired) electrons. The number of urea groups is 1. The first-order valence-corrected chi connectivity index (χ1v) is 7.18. The zero-order valence-corrected chi connectivity index (χ0v) is 12.2. The van der Waals surface area contributed by atoms with E-state index in [-0.39, 0.29) is 6.03 Å². The Hall–Kier alpha value is -1.92. The number of anilines is 1. The van der Waals surface area contributed by atoms with Crippen LogP contribution < -0.4 is 5.32 Å². The summed E-state index contributed by atoms with van der Waals surface area (Å²) in [6.45, 7) is 2.15. The third-order valence-corrected chi connectivity index (χ3v) is 3.48. The molecular weight excluding hydrogens is 274 g/mol. The van der Waals surface area contributed by atoms with Crippen LogP contribution in [0.15, 0.2) is 35.2 Å². The van der Waals surface area contributed by atoms with Gasteiger partial charge in [-0.25, -0.2) is 9.78 Å². The Kier molecular flexibility index (Phi) is 4.70. The number of hydrogen-bond donors (Lipinski definition) is 2. The average molecular weight is 291 g/mol. The number of aromatic nitrogens is 1. The fourth-order valence-electron chi connectivity index (χ4n) is 1.73. The fraction of sp³-hybridized carbons (Fsp3) is 0.286. The summed E-state index contributed by atoms with van der Waals surface area (Å²) in [5.74, 6) is 0. The number of hydrogen-bond acceptors (Lipinski definition) is 4. The predicted molar refractivity (Wildman–Crippen MR) is 79.7 cm³/mol. The molecule has 6 heteroatoms. The summed E-state index contributed by atoms with van der Waals surface area (Å²) in [5.41, 5.74) is 4.04. The summed E-state index contributed by atoms with van der Waals surface area (Å²) in [4.78, 5) is 17.8. The molecule has 0 saturated heterocycles. The van der Waals surface area contributed by atoms with Crippen LogP contribution in [0.3, 0.4) is 0 Å². The maximum Gasteiger partial charge on any atom is 0.321 e. The molecule has 1 unspecified atom stereocenters. The molecule has 0 bridgehead atoms. The van der Waals surface area contributed by atoms with Gasteiger partial charge < -0.3 is 15.3 Å². The van der Waals surface area contributed by atoms with Gasteiger partial charge in [0.15, 0.2) is 0 Å². The highest BCUT2D eigenvalue weighted by Gasteiger charge is 2.11. The van der Waals surface area contributed by atoms with E-state index in [9.17, 15) is 9.90 Å². The maximum atomic E-state index is 12.0. The molecule has 1 aromatic heterocycles. The molecule has 0 aliphatic carbocycles. The van der Waals surface area contributed by atoms with Crippen molar-refractivity contribution in [2.75, 3.05) is 12.4 Å². The molecule has 106 valence electrons. The van der Waals surface area contributed by atoms with E-state index < -0.39 is 6.10 Å². The molecular formula is C14H17N3O2S. The van der Waals surface area contributed by atoms with E-state index in [0.29, 0.717) is 12.2 Å². The van der Waals surface area contributed by atoms with E-state index in [1.807, 2.05) is 11.4 Å². The summed E-state index contributed by atoms with van der Waals surface area (Å²) < 4.78 is 0. The zero-order valence-electron chi connectivity index (χ0n) is 11.4. The maximum absolute atomic E-state index is 12.0. The van der Waals surface area contributed by atoms with Gasteiger partial charge in [-0.15, -0.1) is 11.3 Å². The monoisotopic (exact) mass is 291 g/mol. The number of carbonyl (C=O) groups is 1. The number of nitrogens with zero attached hydrogens (tertiary/aromatic N) is 2. The van der Waals surface area contributed by atoms with E-state index in [1.165, 1.54) is 11.3 Å². The Morgan fingerprint density at radius 1 is 1.55 bits per heavy atom. The summed E-state index contributed by atoms with van der Waals surface area (Å²) in [7, 11) is 1.72. The van der Waals surface area contributed by atoms with Gasteiger partial charge in [0.25, 0.3) is 0 Å². The largest absolute Gasteiger partial charge is 0.389 e. The standard InChI is InChI=1S/C14H17N3O2S/c1-10(18)11-4-3-5-12(6-11)16-14(19)17(2)7-13-8-20-9-15-13/h3-6,8-10,18H,7H2,1-2H3,(H,16,19). The van der Waals surface area contributed by atoms with Gasteiger partial charge in [-0.05, 0) is 24.6 Å². The van der Waals surface area contributed by atoms with Crippen LogP contribution in [0.25, 0.3) is 0 Å². The molecule has 0 aliphatic heterocycles. The minimum atomic E-state index is -0.556. The molecule has 0 saturated carbocycles. The number of rotatable bonds is 4. The highest BCUT2D eigenvalue weighted by molar-refractivity contribution is 7.07. The number of benzene rings is 1. The lowest BCUT2D eigenvalue weighted by atomic mass is 10.1. The minimum Gasteiger partial charge on any atom is -0.389 e. The minimum absolute atomic E-state index is 0.208. The van der Waals surface area contributed by atoms with Crippen molar-refractivity contribution in [1.82, 2.24) is 9.88 Å². The van der Waals surface area contributed by atoms with E-state index in [2.05, 4.69) is 10.3 Å². The molecule has 1 heterocycles. The van der Waals surface area contributed by atoms with Crippen molar-refractivity contribution in [3.63, 3.8) is 0 Å². The molecule has 2 amide bonds. The van der Waals surface area contributed by atoms with Crippen molar-refractivity contribution >= 4 is 23.1 Å². The number of amides is 2. The Balaban J connectivity index is 1.98. The first-order chi connectivity index (χ1) is 9.56. The van der Waals surface area contributed by atoms with E-state index in [1.54, 1.807) is 42.6 Å². The second-order valence-electron chi connectivity index (χ2n) is 4.57. The fourth-order valence-corrected chi connectivity index (χ4v) is 2.28. The van der Waals surface area contributed by atoms with Crippen LogP contribution >= 0.6 is 11.3 Å². The third kappa shape index (κ3) is 3.79. The number of carbonyl (C=O) groups excluding carboxylic acids is 1. The number of aliphatic hydroxyl groups excluding tert-OH is 1. The van der Waals surface area contributed by atoms with Crippen LogP contribution in [0.2, 0.25) is 0 Å². The summed E-state index contributed by atoms with van der Waals surface area (Å²) in [5, 5.41) is 14.2. The van der Waals surface area contributed by atoms with Crippen molar-refractivity contribution < 1.29 is 9.90 Å². The zero-order chi connectivity index (χ0) is 14.5. The van der Waals surface area contributed by atoms with E-state index >= 15 is 0 Å². The average Bonchev–Trinajstić information content (AvgIpc) is 2.91. The van der Waals surface area contributed by atoms with Crippen molar-refractivity contribution in [3.05, 3.63) is 46.4 Å². The van der Waals surface area contributed by atoms with Crippen LogP contribution in [0.4, 0.5) is 10.5 Å². The first kappa shape index (κ1) is 14.5. The van der Waals surface area contributed by atoms with Gasteiger partial charge in [-0.3, -0.25) is 0 Å². The van der Waals surface area contributed by atoms with Gasteiger partial charge in [0.05, 0.1) is 23.9 Å². The highest BCUT2D eigenvalue weighted by atomic mass is 32.1. The number of thiazole rings is 1.